The standard InChI is InChI=1S/C14H20ClNO3/c1-11(14(18)19)9-16(7-4-8-17)10-12-5-2-3-6-13(12)15/h2-3,5-6,11,17H,4,7-10H2,1H3,(H,18,19). The third kappa shape index (κ3) is 5.59. The van der Waals surface area contributed by atoms with Gasteiger partial charge in [0.2, 0.25) is 0 Å². The van der Waals surface area contributed by atoms with Crippen LogP contribution in [0.5, 0.6) is 0 Å². The van der Waals surface area contributed by atoms with Gasteiger partial charge in [-0.25, -0.2) is 0 Å². The maximum absolute atomic E-state index is 10.9. The topological polar surface area (TPSA) is 60.8 Å². The fraction of sp³-hybridized carbons (Fsp3) is 0.500. The van der Waals surface area contributed by atoms with Crippen LogP contribution in [0.1, 0.15) is 18.9 Å². The second kappa shape index (κ2) is 8.15. The van der Waals surface area contributed by atoms with Crippen molar-refractivity contribution in [1.29, 1.82) is 0 Å². The summed E-state index contributed by atoms with van der Waals surface area (Å²) in [6.45, 7) is 3.47. The third-order valence-corrected chi connectivity index (χ3v) is 3.31. The Bertz CT molecular complexity index is 411. The van der Waals surface area contributed by atoms with E-state index in [2.05, 4.69) is 0 Å². The molecule has 0 saturated heterocycles. The van der Waals surface area contributed by atoms with Gasteiger partial charge in [0.15, 0.2) is 0 Å². The second-order valence-corrected chi connectivity index (χ2v) is 5.05. The minimum Gasteiger partial charge on any atom is -0.481 e. The summed E-state index contributed by atoms with van der Waals surface area (Å²) in [5.41, 5.74) is 0.972. The average molecular weight is 286 g/mol. The van der Waals surface area contributed by atoms with Gasteiger partial charge in [-0.05, 0) is 18.1 Å². The van der Waals surface area contributed by atoms with E-state index in [0.717, 1.165) is 5.56 Å². The van der Waals surface area contributed by atoms with Crippen molar-refractivity contribution in [2.75, 3.05) is 19.7 Å². The van der Waals surface area contributed by atoms with Crippen molar-refractivity contribution in [1.82, 2.24) is 4.90 Å². The molecular formula is C14H20ClNO3. The van der Waals surface area contributed by atoms with Gasteiger partial charge in [0, 0.05) is 31.3 Å². The number of hydrogen-bond acceptors (Lipinski definition) is 3. The van der Waals surface area contributed by atoms with Gasteiger partial charge in [0.1, 0.15) is 0 Å². The molecule has 0 aliphatic rings. The highest BCUT2D eigenvalue weighted by Crippen LogP contribution is 2.17. The van der Waals surface area contributed by atoms with Crippen LogP contribution in [0.4, 0.5) is 0 Å². The zero-order valence-corrected chi connectivity index (χ0v) is 11.8. The summed E-state index contributed by atoms with van der Waals surface area (Å²) < 4.78 is 0. The molecule has 1 atom stereocenters. The molecule has 4 nitrogen and oxygen atoms in total. The molecule has 1 rings (SSSR count). The lowest BCUT2D eigenvalue weighted by Crippen LogP contribution is -2.32. The summed E-state index contributed by atoms with van der Waals surface area (Å²) in [5, 5.41) is 18.6. The van der Waals surface area contributed by atoms with Crippen LogP contribution in [0, 0.1) is 5.92 Å². The average Bonchev–Trinajstić information content (AvgIpc) is 2.38. The quantitative estimate of drug-likeness (QED) is 0.769. The van der Waals surface area contributed by atoms with Gasteiger partial charge in [-0.15, -0.1) is 0 Å². The highest BCUT2D eigenvalue weighted by molar-refractivity contribution is 6.31. The molecule has 1 aromatic rings. The molecule has 5 heteroatoms. The number of carbonyl (C=O) groups is 1. The van der Waals surface area contributed by atoms with E-state index in [1.165, 1.54) is 0 Å². The number of aliphatic carboxylic acids is 1. The molecule has 0 fully saturated rings. The number of hydrogen-bond donors (Lipinski definition) is 2. The number of carboxylic acid groups (broad SMARTS) is 1. The van der Waals surface area contributed by atoms with Crippen LogP contribution in [0.3, 0.4) is 0 Å². The normalized spacial score (nSPS) is 12.6. The Balaban J connectivity index is 2.68. The van der Waals surface area contributed by atoms with Crippen molar-refractivity contribution < 1.29 is 15.0 Å². The van der Waals surface area contributed by atoms with Crippen molar-refractivity contribution in [2.24, 2.45) is 5.92 Å². The van der Waals surface area contributed by atoms with Crippen LogP contribution < -0.4 is 0 Å². The molecule has 0 aromatic heterocycles. The Morgan fingerprint density at radius 1 is 1.42 bits per heavy atom. The Morgan fingerprint density at radius 3 is 2.68 bits per heavy atom. The lowest BCUT2D eigenvalue weighted by atomic mass is 10.1. The van der Waals surface area contributed by atoms with Crippen LogP contribution >= 0.6 is 11.6 Å². The van der Waals surface area contributed by atoms with Crippen LogP contribution in [-0.2, 0) is 11.3 Å². The van der Waals surface area contributed by atoms with Crippen LogP contribution in [-0.4, -0.2) is 40.8 Å². The van der Waals surface area contributed by atoms with Gasteiger partial charge in [-0.1, -0.05) is 36.7 Å². The van der Waals surface area contributed by atoms with E-state index >= 15 is 0 Å². The molecule has 0 spiro atoms. The Labute approximate surface area is 118 Å². The van der Waals surface area contributed by atoms with Crippen LogP contribution in [0.25, 0.3) is 0 Å². The highest BCUT2D eigenvalue weighted by atomic mass is 35.5. The lowest BCUT2D eigenvalue weighted by Gasteiger charge is -2.24. The first-order valence-corrected chi connectivity index (χ1v) is 6.71. The summed E-state index contributed by atoms with van der Waals surface area (Å²) in [5.74, 6) is -1.26. The van der Waals surface area contributed by atoms with Gasteiger partial charge in [0.25, 0.3) is 0 Å². The molecule has 2 N–H and O–H groups in total. The number of nitrogens with zero attached hydrogens (tertiary/aromatic N) is 1. The summed E-state index contributed by atoms with van der Waals surface area (Å²) >= 11 is 6.11. The monoisotopic (exact) mass is 285 g/mol. The maximum atomic E-state index is 10.9. The predicted molar refractivity (Wildman–Crippen MR) is 75.2 cm³/mol. The van der Waals surface area contributed by atoms with Crippen molar-refractivity contribution in [3.05, 3.63) is 34.9 Å². The molecule has 0 aliphatic heterocycles. The summed E-state index contributed by atoms with van der Waals surface area (Å²) in [4.78, 5) is 12.9. The smallest absolute Gasteiger partial charge is 0.307 e. The van der Waals surface area contributed by atoms with Crippen molar-refractivity contribution in [3.8, 4) is 0 Å². The lowest BCUT2D eigenvalue weighted by molar-refractivity contribution is -0.141. The van der Waals surface area contributed by atoms with Crippen molar-refractivity contribution in [2.45, 2.75) is 19.9 Å². The molecule has 1 aromatic carbocycles. The molecule has 0 aliphatic carbocycles. The van der Waals surface area contributed by atoms with E-state index in [1.807, 2.05) is 29.2 Å². The van der Waals surface area contributed by atoms with E-state index in [9.17, 15) is 4.79 Å². The molecular weight excluding hydrogens is 266 g/mol. The Morgan fingerprint density at radius 2 is 2.11 bits per heavy atom. The minimum absolute atomic E-state index is 0.0977. The van der Waals surface area contributed by atoms with E-state index in [-0.39, 0.29) is 6.61 Å². The van der Waals surface area contributed by atoms with Gasteiger partial charge < -0.3 is 10.2 Å². The van der Waals surface area contributed by atoms with Gasteiger partial charge in [-0.2, -0.15) is 0 Å². The van der Waals surface area contributed by atoms with E-state index < -0.39 is 11.9 Å². The highest BCUT2D eigenvalue weighted by Gasteiger charge is 2.16. The summed E-state index contributed by atoms with van der Waals surface area (Å²) in [6.07, 6.45) is 0.622. The summed E-state index contributed by atoms with van der Waals surface area (Å²) in [7, 11) is 0. The van der Waals surface area contributed by atoms with Crippen molar-refractivity contribution >= 4 is 17.6 Å². The Kier molecular flexibility index (Phi) is 6.84. The fourth-order valence-corrected chi connectivity index (χ4v) is 2.06. The first kappa shape index (κ1) is 16.0. The van der Waals surface area contributed by atoms with Gasteiger partial charge in [0.05, 0.1) is 5.92 Å². The van der Waals surface area contributed by atoms with Crippen molar-refractivity contribution in [3.63, 3.8) is 0 Å². The number of carboxylic acids is 1. The molecule has 0 saturated carbocycles. The number of halogens is 1. The Hall–Kier alpha value is -1.10. The van der Waals surface area contributed by atoms with E-state index in [4.69, 9.17) is 21.8 Å². The third-order valence-electron chi connectivity index (χ3n) is 2.94. The van der Waals surface area contributed by atoms with Crippen LogP contribution in [0.2, 0.25) is 5.02 Å². The zero-order chi connectivity index (χ0) is 14.3. The number of benzene rings is 1. The first-order chi connectivity index (χ1) is 9.04. The molecule has 1 unspecified atom stereocenters. The summed E-state index contributed by atoms with van der Waals surface area (Å²) in [6, 6.07) is 7.53. The molecule has 0 amide bonds. The maximum Gasteiger partial charge on any atom is 0.307 e. The molecule has 19 heavy (non-hydrogen) atoms. The minimum atomic E-state index is -0.812. The van der Waals surface area contributed by atoms with Gasteiger partial charge in [-0.3, -0.25) is 9.69 Å². The SMILES string of the molecule is CC(CN(CCCO)Cc1ccccc1Cl)C(=O)O. The largest absolute Gasteiger partial charge is 0.481 e. The number of aliphatic hydroxyl groups is 1. The molecule has 106 valence electrons. The van der Waals surface area contributed by atoms with Crippen LogP contribution in [0.15, 0.2) is 24.3 Å². The number of aliphatic hydroxyl groups excluding tert-OH is 1. The first-order valence-electron chi connectivity index (χ1n) is 6.34. The van der Waals surface area contributed by atoms with E-state index in [0.29, 0.717) is 31.1 Å². The molecule has 0 radical (unpaired) electrons. The molecule has 0 heterocycles. The molecule has 0 bridgehead atoms. The zero-order valence-electron chi connectivity index (χ0n) is 11.1. The fourth-order valence-electron chi connectivity index (χ4n) is 1.86. The second-order valence-electron chi connectivity index (χ2n) is 4.64. The predicted octanol–water partition coefficient (Wildman–Crippen LogP) is 2.25. The van der Waals surface area contributed by atoms with E-state index in [1.54, 1.807) is 6.92 Å². The van der Waals surface area contributed by atoms with Gasteiger partial charge >= 0.3 is 5.97 Å². The number of rotatable bonds is 8.